The number of hydrogen-bond donors (Lipinski definition) is 2. The fourth-order valence-electron chi connectivity index (χ4n) is 2.62. The fourth-order valence-corrected chi connectivity index (χ4v) is 2.62. The molecule has 0 spiro atoms. The van der Waals surface area contributed by atoms with Gasteiger partial charge in [0.15, 0.2) is 11.4 Å². The zero-order chi connectivity index (χ0) is 17.8. The highest BCUT2D eigenvalue weighted by Crippen LogP contribution is 2.20. The number of hydrogen-bond acceptors (Lipinski definition) is 5. The lowest BCUT2D eigenvalue weighted by Crippen LogP contribution is -2.37. The van der Waals surface area contributed by atoms with E-state index in [2.05, 4.69) is 24.3 Å². The summed E-state index contributed by atoms with van der Waals surface area (Å²) >= 11 is 0. The summed E-state index contributed by atoms with van der Waals surface area (Å²) in [6.45, 7) is 5.47. The van der Waals surface area contributed by atoms with Crippen LogP contribution < -0.4 is 5.32 Å². The highest BCUT2D eigenvalue weighted by atomic mass is 16.7. The molecule has 7 heteroatoms. The van der Waals surface area contributed by atoms with Crippen molar-refractivity contribution in [2.45, 2.75) is 32.3 Å². The average molecular weight is 345 g/mol. The third-order valence-electron chi connectivity index (χ3n) is 4.20. The fraction of sp³-hybridized carbons (Fsp3) is 0.444. The summed E-state index contributed by atoms with van der Waals surface area (Å²) in [6, 6.07) is 7.86. The van der Waals surface area contributed by atoms with Crippen LogP contribution in [0.3, 0.4) is 0 Å². The predicted octanol–water partition coefficient (Wildman–Crippen LogP) is 2.19. The lowest BCUT2D eigenvalue weighted by atomic mass is 10.0. The average Bonchev–Trinajstić information content (AvgIpc) is 3.02. The molecule has 1 aliphatic rings. The van der Waals surface area contributed by atoms with E-state index in [0.717, 1.165) is 12.1 Å². The molecule has 134 valence electrons. The molecule has 7 nitrogen and oxygen atoms in total. The predicted molar refractivity (Wildman–Crippen MR) is 92.0 cm³/mol. The highest BCUT2D eigenvalue weighted by molar-refractivity contribution is 5.94. The van der Waals surface area contributed by atoms with E-state index in [0.29, 0.717) is 19.1 Å². The number of rotatable bonds is 5. The second kappa shape index (κ2) is 7.67. The molecule has 0 aliphatic carbocycles. The van der Waals surface area contributed by atoms with Crippen molar-refractivity contribution in [3.63, 3.8) is 0 Å². The Balaban J connectivity index is 1.67. The first-order valence-electron chi connectivity index (χ1n) is 8.41. The maximum Gasteiger partial charge on any atom is 0.275 e. The molecule has 0 saturated carbocycles. The minimum atomic E-state index is -0.426. The minimum absolute atomic E-state index is 0.00000412. The summed E-state index contributed by atoms with van der Waals surface area (Å²) in [5.74, 6) is -0.141. The van der Waals surface area contributed by atoms with Crippen LogP contribution >= 0.6 is 0 Å². The lowest BCUT2D eigenvalue weighted by molar-refractivity contribution is -0.136. The van der Waals surface area contributed by atoms with Crippen molar-refractivity contribution in [2.24, 2.45) is 0 Å². The Morgan fingerprint density at radius 2 is 2.16 bits per heavy atom. The zero-order valence-corrected chi connectivity index (χ0v) is 14.4. The monoisotopic (exact) mass is 345 g/mol. The van der Waals surface area contributed by atoms with Crippen LogP contribution in [-0.2, 0) is 9.47 Å². The van der Waals surface area contributed by atoms with Gasteiger partial charge < -0.3 is 19.9 Å². The molecule has 1 aromatic carbocycles. The molecule has 2 heterocycles. The van der Waals surface area contributed by atoms with E-state index in [1.807, 2.05) is 24.3 Å². The van der Waals surface area contributed by atoms with Crippen molar-refractivity contribution in [1.29, 1.82) is 0 Å². The van der Waals surface area contributed by atoms with Crippen LogP contribution in [0.2, 0.25) is 0 Å². The molecule has 25 heavy (non-hydrogen) atoms. The van der Waals surface area contributed by atoms with Crippen LogP contribution in [0.15, 0.2) is 30.5 Å². The second-order valence-electron chi connectivity index (χ2n) is 6.37. The molecule has 3 rings (SSSR count). The van der Waals surface area contributed by atoms with Crippen molar-refractivity contribution in [3.05, 3.63) is 41.7 Å². The maximum absolute atomic E-state index is 12.3. The smallest absolute Gasteiger partial charge is 0.275 e. The molecule has 1 unspecified atom stereocenters. The van der Waals surface area contributed by atoms with Gasteiger partial charge in [0.2, 0.25) is 0 Å². The number of aromatic nitrogens is 2. The van der Waals surface area contributed by atoms with Crippen LogP contribution in [-0.4, -0.2) is 46.8 Å². The highest BCUT2D eigenvalue weighted by Gasteiger charge is 2.20. The largest absolute Gasteiger partial charge is 0.504 e. The van der Waals surface area contributed by atoms with Crippen molar-refractivity contribution in [1.82, 2.24) is 15.1 Å². The van der Waals surface area contributed by atoms with Gasteiger partial charge in [-0.2, -0.15) is 5.10 Å². The molecular weight excluding hydrogens is 322 g/mol. The first-order chi connectivity index (χ1) is 12.0. The standard InChI is InChI=1S/C18H23N3O4/c1-12(2)13-3-5-14(6-4-13)21-10-16(22)17(20-21)18(23)19-9-15-7-8-24-11-25-15/h3-6,10,12,15,22H,7-9,11H2,1-2H3,(H,19,23). The summed E-state index contributed by atoms with van der Waals surface area (Å²) in [6.07, 6.45) is 2.08. The number of carbonyl (C=O) groups is 1. The molecular formula is C18H23N3O4. The van der Waals surface area contributed by atoms with Gasteiger partial charge in [-0.3, -0.25) is 4.79 Å². The van der Waals surface area contributed by atoms with E-state index >= 15 is 0 Å². The molecule has 0 bridgehead atoms. The van der Waals surface area contributed by atoms with Gasteiger partial charge in [0, 0.05) is 6.54 Å². The van der Waals surface area contributed by atoms with Gasteiger partial charge in [-0.25, -0.2) is 4.68 Å². The number of benzene rings is 1. The number of aromatic hydroxyl groups is 1. The minimum Gasteiger partial charge on any atom is -0.504 e. The topological polar surface area (TPSA) is 85.6 Å². The Morgan fingerprint density at radius 1 is 1.40 bits per heavy atom. The Bertz CT molecular complexity index is 718. The molecule has 0 radical (unpaired) electrons. The Kier molecular flexibility index (Phi) is 5.35. The van der Waals surface area contributed by atoms with E-state index in [4.69, 9.17) is 9.47 Å². The lowest BCUT2D eigenvalue weighted by Gasteiger charge is -2.22. The van der Waals surface area contributed by atoms with Gasteiger partial charge in [-0.15, -0.1) is 0 Å². The van der Waals surface area contributed by atoms with Crippen LogP contribution in [0.4, 0.5) is 0 Å². The maximum atomic E-state index is 12.3. The summed E-state index contributed by atoms with van der Waals surface area (Å²) in [7, 11) is 0. The van der Waals surface area contributed by atoms with E-state index in [1.165, 1.54) is 16.4 Å². The Labute approximate surface area is 146 Å². The van der Waals surface area contributed by atoms with Gasteiger partial charge in [-0.1, -0.05) is 26.0 Å². The van der Waals surface area contributed by atoms with Gasteiger partial charge in [0.05, 0.1) is 24.6 Å². The quantitative estimate of drug-likeness (QED) is 0.868. The van der Waals surface area contributed by atoms with Gasteiger partial charge in [0.1, 0.15) is 6.79 Å². The molecule has 2 N–H and O–H groups in total. The summed E-state index contributed by atoms with van der Waals surface area (Å²) < 4.78 is 12.0. The van der Waals surface area contributed by atoms with Gasteiger partial charge >= 0.3 is 0 Å². The van der Waals surface area contributed by atoms with Crippen molar-refractivity contribution in [2.75, 3.05) is 19.9 Å². The van der Waals surface area contributed by atoms with Crippen molar-refractivity contribution >= 4 is 5.91 Å². The van der Waals surface area contributed by atoms with E-state index in [-0.39, 0.29) is 24.3 Å². The molecule has 2 aromatic rings. The first-order valence-corrected chi connectivity index (χ1v) is 8.41. The number of carbonyl (C=O) groups excluding carboxylic acids is 1. The number of ether oxygens (including phenoxy) is 2. The van der Waals surface area contributed by atoms with Crippen LogP contribution in [0, 0.1) is 0 Å². The Hall–Kier alpha value is -2.38. The molecule has 1 aromatic heterocycles. The summed E-state index contributed by atoms with van der Waals surface area (Å²) in [5.41, 5.74) is 2.00. The summed E-state index contributed by atoms with van der Waals surface area (Å²) in [4.78, 5) is 12.3. The number of nitrogens with one attached hydrogen (secondary N) is 1. The first kappa shape index (κ1) is 17.4. The molecule has 1 amide bonds. The van der Waals surface area contributed by atoms with Crippen molar-refractivity contribution < 1.29 is 19.4 Å². The van der Waals surface area contributed by atoms with Gasteiger partial charge in [0.25, 0.3) is 5.91 Å². The van der Waals surface area contributed by atoms with E-state index in [9.17, 15) is 9.90 Å². The van der Waals surface area contributed by atoms with Crippen LogP contribution in [0.25, 0.3) is 5.69 Å². The summed E-state index contributed by atoms with van der Waals surface area (Å²) in [5, 5.41) is 17.0. The molecule has 1 fully saturated rings. The number of amides is 1. The van der Waals surface area contributed by atoms with Crippen LogP contribution in [0.5, 0.6) is 5.75 Å². The molecule has 1 saturated heterocycles. The van der Waals surface area contributed by atoms with Crippen LogP contribution in [0.1, 0.15) is 42.2 Å². The second-order valence-corrected chi connectivity index (χ2v) is 6.37. The molecule has 1 aliphatic heterocycles. The SMILES string of the molecule is CC(C)c1ccc(-n2cc(O)c(C(=O)NCC3CCOCO3)n2)cc1. The van der Waals surface area contributed by atoms with E-state index < -0.39 is 5.91 Å². The van der Waals surface area contributed by atoms with E-state index in [1.54, 1.807) is 0 Å². The third kappa shape index (κ3) is 4.18. The number of nitrogens with zero attached hydrogens (tertiary/aromatic N) is 2. The van der Waals surface area contributed by atoms with Crippen molar-refractivity contribution in [3.8, 4) is 11.4 Å². The zero-order valence-electron chi connectivity index (χ0n) is 14.4. The molecule has 1 atom stereocenters. The normalized spacial score (nSPS) is 17.6. The Morgan fingerprint density at radius 3 is 2.80 bits per heavy atom. The van der Waals surface area contributed by atoms with Gasteiger partial charge in [-0.05, 0) is 30.0 Å². The third-order valence-corrected chi connectivity index (χ3v) is 4.20.